The first-order chi connectivity index (χ1) is 3.55. The van der Waals surface area contributed by atoms with Gasteiger partial charge in [-0.15, -0.1) is 0 Å². The minimum absolute atomic E-state index is 0.683. The summed E-state index contributed by atoms with van der Waals surface area (Å²) in [5.74, 6) is 1.52. The Labute approximate surface area is 60.8 Å². The fourth-order valence-electron chi connectivity index (χ4n) is 0.770. The number of rotatable bonds is 2. The summed E-state index contributed by atoms with van der Waals surface area (Å²) in [6, 6.07) is 0. The van der Waals surface area contributed by atoms with E-state index < -0.39 is 0 Å². The molecule has 0 rings (SSSR count). The van der Waals surface area contributed by atoms with Crippen LogP contribution >= 0.6 is 15.9 Å². The maximum Gasteiger partial charge on any atom is 0.0191 e. The van der Waals surface area contributed by atoms with Gasteiger partial charge >= 0.3 is 0 Å². The summed E-state index contributed by atoms with van der Waals surface area (Å²) in [6.07, 6.45) is 0. The first kappa shape index (κ1) is 8.48. The second-order valence-corrected chi connectivity index (χ2v) is 3.99. The van der Waals surface area contributed by atoms with Crippen LogP contribution in [0.25, 0.3) is 0 Å². The Balaban J connectivity index is 3.46. The van der Waals surface area contributed by atoms with Crippen molar-refractivity contribution in [1.29, 1.82) is 0 Å². The lowest BCUT2D eigenvalue weighted by Gasteiger charge is -2.16. The number of halogens is 1. The van der Waals surface area contributed by atoms with Crippen LogP contribution < -0.4 is 0 Å². The summed E-state index contributed by atoms with van der Waals surface area (Å²) in [4.78, 5) is 0.683. The largest absolute Gasteiger partial charge is 0.0885 e. The van der Waals surface area contributed by atoms with Crippen LogP contribution in [0.2, 0.25) is 0 Å². The minimum Gasteiger partial charge on any atom is -0.0885 e. The molecule has 0 aliphatic carbocycles. The number of alkyl halides is 1. The summed E-state index contributed by atoms with van der Waals surface area (Å²) >= 11 is 3.61. The molecule has 0 radical (unpaired) electrons. The lowest BCUT2D eigenvalue weighted by atomic mass is 10.0. The molecule has 0 amide bonds. The topological polar surface area (TPSA) is 0 Å². The van der Waals surface area contributed by atoms with Crippen molar-refractivity contribution in [3.63, 3.8) is 0 Å². The smallest absolute Gasteiger partial charge is 0.0191 e. The van der Waals surface area contributed by atoms with E-state index in [1.165, 1.54) is 0 Å². The van der Waals surface area contributed by atoms with Gasteiger partial charge in [0.15, 0.2) is 0 Å². The second-order valence-electron chi connectivity index (χ2n) is 2.93. The highest BCUT2D eigenvalue weighted by molar-refractivity contribution is 9.09. The Morgan fingerprint density at radius 1 is 0.875 bits per heavy atom. The molecule has 50 valence electrons. The number of hydrogen-bond donors (Lipinski definition) is 0. The molecule has 0 saturated carbocycles. The molecule has 0 heterocycles. The molecule has 0 N–H and O–H groups in total. The maximum atomic E-state index is 3.61. The highest BCUT2D eigenvalue weighted by Gasteiger charge is 2.11. The molecular formula is C7H15Br. The van der Waals surface area contributed by atoms with Crippen LogP contribution in [0.3, 0.4) is 0 Å². The molecule has 0 aromatic rings. The molecule has 0 spiro atoms. The highest BCUT2D eigenvalue weighted by atomic mass is 79.9. The molecule has 0 aliphatic heterocycles. The van der Waals surface area contributed by atoms with E-state index in [4.69, 9.17) is 0 Å². The zero-order chi connectivity index (χ0) is 6.73. The number of hydrogen-bond acceptors (Lipinski definition) is 0. The van der Waals surface area contributed by atoms with Gasteiger partial charge in [-0.05, 0) is 11.8 Å². The predicted molar refractivity (Wildman–Crippen MR) is 42.4 cm³/mol. The van der Waals surface area contributed by atoms with E-state index in [1.807, 2.05) is 0 Å². The first-order valence-corrected chi connectivity index (χ1v) is 4.11. The van der Waals surface area contributed by atoms with Crippen molar-refractivity contribution in [2.45, 2.75) is 32.5 Å². The van der Waals surface area contributed by atoms with Crippen LogP contribution in [-0.2, 0) is 0 Å². The zero-order valence-corrected chi connectivity index (χ0v) is 7.70. The minimum atomic E-state index is 0.683. The third-order valence-electron chi connectivity index (χ3n) is 1.27. The van der Waals surface area contributed by atoms with Crippen LogP contribution in [0.4, 0.5) is 0 Å². The van der Waals surface area contributed by atoms with Crippen LogP contribution in [0, 0.1) is 11.8 Å². The van der Waals surface area contributed by atoms with Crippen LogP contribution in [0.1, 0.15) is 27.7 Å². The molecule has 0 aliphatic rings. The van der Waals surface area contributed by atoms with E-state index >= 15 is 0 Å². The highest BCUT2D eigenvalue weighted by Crippen LogP contribution is 2.19. The molecule has 1 heteroatoms. The van der Waals surface area contributed by atoms with Gasteiger partial charge in [-0.3, -0.25) is 0 Å². The van der Waals surface area contributed by atoms with Crippen molar-refractivity contribution in [3.8, 4) is 0 Å². The summed E-state index contributed by atoms with van der Waals surface area (Å²) in [6.45, 7) is 8.94. The van der Waals surface area contributed by atoms with Gasteiger partial charge in [0.25, 0.3) is 0 Å². The quantitative estimate of drug-likeness (QED) is 0.571. The van der Waals surface area contributed by atoms with Crippen LogP contribution in [0.5, 0.6) is 0 Å². The third-order valence-corrected chi connectivity index (χ3v) is 3.39. The van der Waals surface area contributed by atoms with Gasteiger partial charge < -0.3 is 0 Å². The molecule has 0 nitrogen and oxygen atoms in total. The molecule has 0 atom stereocenters. The van der Waals surface area contributed by atoms with Crippen molar-refractivity contribution in [3.05, 3.63) is 0 Å². The molecule has 0 aromatic carbocycles. The Kier molecular flexibility index (Phi) is 3.70. The molecule has 8 heavy (non-hydrogen) atoms. The summed E-state index contributed by atoms with van der Waals surface area (Å²) in [7, 11) is 0. The second kappa shape index (κ2) is 3.49. The van der Waals surface area contributed by atoms with Crippen LogP contribution in [0.15, 0.2) is 0 Å². The summed E-state index contributed by atoms with van der Waals surface area (Å²) < 4.78 is 0. The summed E-state index contributed by atoms with van der Waals surface area (Å²) in [5.41, 5.74) is 0. The molecular weight excluding hydrogens is 164 g/mol. The SMILES string of the molecule is CC(C)C(Br)C(C)C. The lowest BCUT2D eigenvalue weighted by molar-refractivity contribution is 0.495. The van der Waals surface area contributed by atoms with E-state index in [2.05, 4.69) is 43.6 Å². The normalized spacial score (nSPS) is 12.0. The average Bonchev–Trinajstić information content (AvgIpc) is 1.64. The summed E-state index contributed by atoms with van der Waals surface area (Å²) in [5, 5.41) is 0. The van der Waals surface area contributed by atoms with E-state index in [1.54, 1.807) is 0 Å². The molecule has 0 fully saturated rings. The Morgan fingerprint density at radius 3 is 1.12 bits per heavy atom. The zero-order valence-electron chi connectivity index (χ0n) is 6.11. The standard InChI is InChI=1S/C7H15Br/c1-5(2)7(8)6(3)4/h5-7H,1-4H3. The Morgan fingerprint density at radius 2 is 1.12 bits per heavy atom. The van der Waals surface area contributed by atoms with Gasteiger partial charge in [0.2, 0.25) is 0 Å². The van der Waals surface area contributed by atoms with Gasteiger partial charge in [0.1, 0.15) is 0 Å². The van der Waals surface area contributed by atoms with Gasteiger partial charge in [-0.1, -0.05) is 43.6 Å². The van der Waals surface area contributed by atoms with Crippen molar-refractivity contribution in [2.75, 3.05) is 0 Å². The fourth-order valence-corrected chi connectivity index (χ4v) is 0.770. The Bertz CT molecular complexity index is 49.4. The fraction of sp³-hybridized carbons (Fsp3) is 1.00. The Hall–Kier alpha value is 0.480. The van der Waals surface area contributed by atoms with Gasteiger partial charge in [-0.25, -0.2) is 0 Å². The van der Waals surface area contributed by atoms with Gasteiger partial charge in [0, 0.05) is 4.83 Å². The molecule has 0 unspecified atom stereocenters. The molecule has 0 bridgehead atoms. The lowest BCUT2D eigenvalue weighted by Crippen LogP contribution is -2.13. The van der Waals surface area contributed by atoms with Crippen molar-refractivity contribution < 1.29 is 0 Å². The van der Waals surface area contributed by atoms with Crippen molar-refractivity contribution >= 4 is 15.9 Å². The van der Waals surface area contributed by atoms with Gasteiger partial charge in [0.05, 0.1) is 0 Å². The third kappa shape index (κ3) is 2.71. The van der Waals surface area contributed by atoms with E-state index in [-0.39, 0.29) is 0 Å². The van der Waals surface area contributed by atoms with Crippen LogP contribution in [-0.4, -0.2) is 4.83 Å². The molecule has 0 aromatic heterocycles. The van der Waals surface area contributed by atoms with E-state index in [0.717, 1.165) is 11.8 Å². The monoisotopic (exact) mass is 178 g/mol. The van der Waals surface area contributed by atoms with Crippen molar-refractivity contribution in [2.24, 2.45) is 11.8 Å². The maximum absolute atomic E-state index is 3.61. The molecule has 0 saturated heterocycles. The average molecular weight is 179 g/mol. The predicted octanol–water partition coefficient (Wildman–Crippen LogP) is 3.06. The van der Waals surface area contributed by atoms with E-state index in [0.29, 0.717) is 4.83 Å². The van der Waals surface area contributed by atoms with E-state index in [9.17, 15) is 0 Å². The van der Waals surface area contributed by atoms with Gasteiger partial charge in [-0.2, -0.15) is 0 Å². The first-order valence-electron chi connectivity index (χ1n) is 3.19. The van der Waals surface area contributed by atoms with Crippen molar-refractivity contribution in [1.82, 2.24) is 0 Å².